The van der Waals surface area contributed by atoms with Gasteiger partial charge < -0.3 is 10.4 Å². The van der Waals surface area contributed by atoms with Crippen LogP contribution >= 0.6 is 23.2 Å². The summed E-state index contributed by atoms with van der Waals surface area (Å²) in [5, 5.41) is 13.1. The standard InChI is InChI=1S/C14H19Cl2NO2/c1-10(5-6-13(18)19)7-8-17-9-11-3-2-4-12(15)14(11)16/h2-4,10,17H,5-9H2,1H3,(H,18,19). The van der Waals surface area contributed by atoms with Gasteiger partial charge in [-0.05, 0) is 36.9 Å². The molecule has 0 bridgehead atoms. The van der Waals surface area contributed by atoms with Crippen LogP contribution in [0.25, 0.3) is 0 Å². The highest BCUT2D eigenvalue weighted by Crippen LogP contribution is 2.25. The van der Waals surface area contributed by atoms with Gasteiger partial charge in [0, 0.05) is 13.0 Å². The van der Waals surface area contributed by atoms with Crippen LogP contribution in [-0.4, -0.2) is 17.6 Å². The molecule has 3 nitrogen and oxygen atoms in total. The van der Waals surface area contributed by atoms with E-state index < -0.39 is 5.97 Å². The summed E-state index contributed by atoms with van der Waals surface area (Å²) in [4.78, 5) is 10.4. The molecule has 5 heteroatoms. The van der Waals surface area contributed by atoms with Gasteiger partial charge in [-0.15, -0.1) is 0 Å². The number of halogens is 2. The van der Waals surface area contributed by atoms with Crippen LogP contribution in [0.5, 0.6) is 0 Å². The number of carboxylic acids is 1. The molecule has 0 aliphatic heterocycles. The van der Waals surface area contributed by atoms with Crippen LogP contribution in [-0.2, 0) is 11.3 Å². The van der Waals surface area contributed by atoms with Gasteiger partial charge in [-0.1, -0.05) is 42.3 Å². The predicted molar refractivity (Wildman–Crippen MR) is 78.8 cm³/mol. The van der Waals surface area contributed by atoms with Crippen molar-refractivity contribution in [3.8, 4) is 0 Å². The number of hydrogen-bond acceptors (Lipinski definition) is 2. The van der Waals surface area contributed by atoms with Gasteiger partial charge in [0.25, 0.3) is 0 Å². The number of nitrogens with one attached hydrogen (secondary N) is 1. The molecule has 0 fully saturated rings. The van der Waals surface area contributed by atoms with Gasteiger partial charge >= 0.3 is 5.97 Å². The summed E-state index contributed by atoms with van der Waals surface area (Å²) in [5.74, 6) is -0.330. The van der Waals surface area contributed by atoms with E-state index in [-0.39, 0.29) is 6.42 Å². The quantitative estimate of drug-likeness (QED) is 0.714. The predicted octanol–water partition coefficient (Wildman–Crippen LogP) is 3.97. The molecule has 1 aromatic rings. The lowest BCUT2D eigenvalue weighted by Crippen LogP contribution is -2.17. The van der Waals surface area contributed by atoms with E-state index in [1.807, 2.05) is 12.1 Å². The molecule has 0 saturated carbocycles. The molecule has 1 rings (SSSR count). The molecule has 0 amide bonds. The van der Waals surface area contributed by atoms with E-state index in [1.165, 1.54) is 0 Å². The van der Waals surface area contributed by atoms with Crippen molar-refractivity contribution in [1.29, 1.82) is 0 Å². The molecule has 0 aromatic heterocycles. The third-order valence-electron chi connectivity index (χ3n) is 3.01. The van der Waals surface area contributed by atoms with Gasteiger partial charge in [-0.25, -0.2) is 0 Å². The highest BCUT2D eigenvalue weighted by atomic mass is 35.5. The molecule has 2 N–H and O–H groups in total. The minimum atomic E-state index is -0.731. The molecule has 0 heterocycles. The fraction of sp³-hybridized carbons (Fsp3) is 0.500. The van der Waals surface area contributed by atoms with Crippen molar-refractivity contribution in [3.63, 3.8) is 0 Å². The minimum absolute atomic E-state index is 0.237. The SMILES string of the molecule is CC(CCNCc1cccc(Cl)c1Cl)CCC(=O)O. The second-order valence-electron chi connectivity index (χ2n) is 4.72. The van der Waals surface area contributed by atoms with Gasteiger partial charge in [0.05, 0.1) is 10.0 Å². The van der Waals surface area contributed by atoms with E-state index in [1.54, 1.807) is 6.07 Å². The first-order chi connectivity index (χ1) is 9.00. The van der Waals surface area contributed by atoms with Crippen LogP contribution in [0.15, 0.2) is 18.2 Å². The number of carboxylic acid groups (broad SMARTS) is 1. The average Bonchev–Trinajstić information content (AvgIpc) is 2.37. The fourth-order valence-corrected chi connectivity index (χ4v) is 2.16. The monoisotopic (exact) mass is 303 g/mol. The first kappa shape index (κ1) is 16.3. The van der Waals surface area contributed by atoms with Crippen molar-refractivity contribution in [2.24, 2.45) is 5.92 Å². The Morgan fingerprint density at radius 1 is 1.37 bits per heavy atom. The fourth-order valence-electron chi connectivity index (χ4n) is 1.77. The summed E-state index contributed by atoms with van der Waals surface area (Å²) in [5.41, 5.74) is 0.979. The van der Waals surface area contributed by atoms with Crippen molar-refractivity contribution in [3.05, 3.63) is 33.8 Å². The Morgan fingerprint density at radius 3 is 2.79 bits per heavy atom. The maximum Gasteiger partial charge on any atom is 0.303 e. The van der Waals surface area contributed by atoms with Gasteiger partial charge in [0.1, 0.15) is 0 Å². The van der Waals surface area contributed by atoms with E-state index in [0.717, 1.165) is 24.9 Å². The molecule has 0 radical (unpaired) electrons. The third kappa shape index (κ3) is 6.28. The first-order valence-corrected chi connectivity index (χ1v) is 7.11. The molecular weight excluding hydrogens is 285 g/mol. The van der Waals surface area contributed by atoms with Crippen LogP contribution in [0.3, 0.4) is 0 Å². The summed E-state index contributed by atoms with van der Waals surface area (Å²) in [6.07, 6.45) is 1.90. The van der Waals surface area contributed by atoms with Crippen molar-refractivity contribution < 1.29 is 9.90 Å². The van der Waals surface area contributed by atoms with Crippen LogP contribution in [0.4, 0.5) is 0 Å². The number of carbonyl (C=O) groups is 1. The zero-order valence-corrected chi connectivity index (χ0v) is 12.5. The van der Waals surface area contributed by atoms with Gasteiger partial charge in [-0.2, -0.15) is 0 Å². The Morgan fingerprint density at radius 2 is 2.11 bits per heavy atom. The minimum Gasteiger partial charge on any atom is -0.481 e. The molecule has 1 unspecified atom stereocenters. The highest BCUT2D eigenvalue weighted by molar-refractivity contribution is 6.42. The number of benzene rings is 1. The lowest BCUT2D eigenvalue weighted by atomic mass is 10.0. The number of rotatable bonds is 8. The molecule has 0 saturated heterocycles. The van der Waals surface area contributed by atoms with E-state index in [2.05, 4.69) is 12.2 Å². The smallest absolute Gasteiger partial charge is 0.303 e. The normalized spacial score (nSPS) is 12.4. The number of hydrogen-bond donors (Lipinski definition) is 2. The van der Waals surface area contributed by atoms with Crippen LogP contribution in [0.1, 0.15) is 31.7 Å². The highest BCUT2D eigenvalue weighted by Gasteiger charge is 2.06. The molecule has 19 heavy (non-hydrogen) atoms. The van der Waals surface area contributed by atoms with Crippen molar-refractivity contribution in [2.45, 2.75) is 32.7 Å². The Balaban J connectivity index is 2.23. The summed E-state index contributed by atoms with van der Waals surface area (Å²) < 4.78 is 0. The second-order valence-corrected chi connectivity index (χ2v) is 5.50. The van der Waals surface area contributed by atoms with Crippen LogP contribution in [0, 0.1) is 5.92 Å². The zero-order valence-electron chi connectivity index (χ0n) is 11.0. The lowest BCUT2D eigenvalue weighted by molar-refractivity contribution is -0.137. The summed E-state index contributed by atoms with van der Waals surface area (Å²) in [7, 11) is 0. The Bertz CT molecular complexity index is 424. The topological polar surface area (TPSA) is 49.3 Å². The lowest BCUT2D eigenvalue weighted by Gasteiger charge is -2.11. The summed E-state index contributed by atoms with van der Waals surface area (Å²) in [6, 6.07) is 5.58. The van der Waals surface area contributed by atoms with Crippen molar-refractivity contribution in [2.75, 3.05) is 6.54 Å². The van der Waals surface area contributed by atoms with E-state index >= 15 is 0 Å². The largest absolute Gasteiger partial charge is 0.481 e. The van der Waals surface area contributed by atoms with Gasteiger partial charge in [0.15, 0.2) is 0 Å². The van der Waals surface area contributed by atoms with E-state index in [4.69, 9.17) is 28.3 Å². The maximum atomic E-state index is 10.4. The average molecular weight is 304 g/mol. The Kier molecular flexibility index (Phi) is 7.21. The van der Waals surface area contributed by atoms with Crippen LogP contribution < -0.4 is 5.32 Å². The Hall–Kier alpha value is -0.770. The van der Waals surface area contributed by atoms with Gasteiger partial charge in [-0.3, -0.25) is 4.79 Å². The Labute approximate surface area is 123 Å². The summed E-state index contributed by atoms with van der Waals surface area (Å²) >= 11 is 12.0. The molecule has 1 aromatic carbocycles. The van der Waals surface area contributed by atoms with Crippen molar-refractivity contribution >= 4 is 29.2 Å². The van der Waals surface area contributed by atoms with Gasteiger partial charge in [0.2, 0.25) is 0 Å². The van der Waals surface area contributed by atoms with Crippen LogP contribution in [0.2, 0.25) is 10.0 Å². The molecular formula is C14H19Cl2NO2. The molecule has 106 valence electrons. The van der Waals surface area contributed by atoms with E-state index in [0.29, 0.717) is 22.5 Å². The first-order valence-electron chi connectivity index (χ1n) is 6.36. The molecule has 0 aliphatic rings. The zero-order chi connectivity index (χ0) is 14.3. The molecule has 1 atom stereocenters. The maximum absolute atomic E-state index is 10.4. The van der Waals surface area contributed by atoms with E-state index in [9.17, 15) is 4.79 Å². The third-order valence-corrected chi connectivity index (χ3v) is 3.87. The molecule has 0 spiro atoms. The van der Waals surface area contributed by atoms with Crippen molar-refractivity contribution in [1.82, 2.24) is 5.32 Å². The molecule has 0 aliphatic carbocycles. The second kappa shape index (κ2) is 8.41. The summed E-state index contributed by atoms with van der Waals surface area (Å²) in [6.45, 7) is 3.58. The number of aliphatic carboxylic acids is 1.